The first-order chi connectivity index (χ1) is 12.8. The molecule has 0 bridgehead atoms. The predicted octanol–water partition coefficient (Wildman–Crippen LogP) is 4.55. The van der Waals surface area contributed by atoms with Crippen LogP contribution in [0.15, 0.2) is 46.9 Å². The van der Waals surface area contributed by atoms with E-state index in [1.807, 2.05) is 31.2 Å². The third kappa shape index (κ3) is 7.06. The molecule has 0 aliphatic rings. The third-order valence-corrected chi connectivity index (χ3v) is 4.28. The minimum atomic E-state index is -0.226. The summed E-state index contributed by atoms with van der Waals surface area (Å²) < 4.78 is 6.54. The van der Waals surface area contributed by atoms with Crippen LogP contribution in [0.5, 0.6) is 5.75 Å². The molecule has 0 saturated carbocycles. The van der Waals surface area contributed by atoms with Gasteiger partial charge in [-0.1, -0.05) is 41.9 Å². The molecule has 0 atom stereocenters. The van der Waals surface area contributed by atoms with Crippen LogP contribution in [-0.2, 0) is 4.79 Å². The molecule has 2 rings (SSSR count). The van der Waals surface area contributed by atoms with Crippen LogP contribution >= 0.6 is 15.9 Å². The zero-order chi connectivity index (χ0) is 19.8. The molecular formula is C21H25BrN2O3. The highest BCUT2D eigenvalue weighted by molar-refractivity contribution is 9.10. The lowest BCUT2D eigenvalue weighted by atomic mass is 10.2. The van der Waals surface area contributed by atoms with Crippen LogP contribution in [-0.4, -0.2) is 25.0 Å². The van der Waals surface area contributed by atoms with Gasteiger partial charge in [-0.3, -0.25) is 9.59 Å². The van der Waals surface area contributed by atoms with Crippen LogP contribution in [0.2, 0.25) is 0 Å². The van der Waals surface area contributed by atoms with Gasteiger partial charge < -0.3 is 15.4 Å². The Morgan fingerprint density at radius 2 is 1.93 bits per heavy atom. The predicted molar refractivity (Wildman–Crippen MR) is 111 cm³/mol. The van der Waals surface area contributed by atoms with E-state index in [4.69, 9.17) is 4.74 Å². The lowest BCUT2D eigenvalue weighted by Gasteiger charge is -2.11. The Kier molecular flexibility index (Phi) is 7.85. The van der Waals surface area contributed by atoms with Gasteiger partial charge in [0.2, 0.25) is 5.91 Å². The quantitative estimate of drug-likeness (QED) is 0.642. The summed E-state index contributed by atoms with van der Waals surface area (Å²) >= 11 is 3.39. The number of halogens is 1. The smallest absolute Gasteiger partial charge is 0.251 e. The van der Waals surface area contributed by atoms with Gasteiger partial charge in [-0.15, -0.1) is 0 Å². The number of rotatable bonds is 8. The van der Waals surface area contributed by atoms with Crippen LogP contribution in [0.1, 0.15) is 36.2 Å². The first kappa shape index (κ1) is 21.0. The second-order valence-electron chi connectivity index (χ2n) is 6.75. The number of nitrogens with one attached hydrogen (secondary N) is 2. The van der Waals surface area contributed by atoms with Gasteiger partial charge in [0, 0.05) is 28.7 Å². The maximum atomic E-state index is 12.3. The Balaban J connectivity index is 1.82. The van der Waals surface area contributed by atoms with Gasteiger partial charge >= 0.3 is 0 Å². The summed E-state index contributed by atoms with van der Waals surface area (Å²) in [7, 11) is 0. The first-order valence-electron chi connectivity index (χ1n) is 8.92. The van der Waals surface area contributed by atoms with Crippen molar-refractivity contribution in [3.63, 3.8) is 0 Å². The molecule has 2 aromatic carbocycles. The van der Waals surface area contributed by atoms with E-state index in [9.17, 15) is 9.59 Å². The number of hydrogen-bond acceptors (Lipinski definition) is 3. The van der Waals surface area contributed by atoms with Crippen molar-refractivity contribution < 1.29 is 14.3 Å². The Hall–Kier alpha value is -2.34. The molecule has 2 N–H and O–H groups in total. The maximum absolute atomic E-state index is 12.3. The number of amides is 2. The topological polar surface area (TPSA) is 67.4 Å². The van der Waals surface area contributed by atoms with Crippen molar-refractivity contribution in [2.24, 2.45) is 5.92 Å². The van der Waals surface area contributed by atoms with Crippen molar-refractivity contribution in [2.45, 2.75) is 27.2 Å². The zero-order valence-corrected chi connectivity index (χ0v) is 17.4. The average molecular weight is 433 g/mol. The van der Waals surface area contributed by atoms with E-state index in [0.717, 1.165) is 15.7 Å². The lowest BCUT2D eigenvalue weighted by molar-refractivity contribution is -0.116. The Morgan fingerprint density at radius 1 is 1.15 bits per heavy atom. The van der Waals surface area contributed by atoms with Gasteiger partial charge in [0.15, 0.2) is 0 Å². The normalized spacial score (nSPS) is 10.6. The highest BCUT2D eigenvalue weighted by Crippen LogP contribution is 2.20. The standard InChI is InChI=1S/C21H25BrN2O3/c1-14(2)13-27-18-6-4-5-16(11-18)21(26)23-10-9-20(25)24-19-12-17(22)8-7-15(19)3/h4-8,11-12,14H,9-10,13H2,1-3H3,(H,23,26)(H,24,25). The molecule has 27 heavy (non-hydrogen) atoms. The number of anilines is 1. The van der Waals surface area contributed by atoms with E-state index in [-0.39, 0.29) is 24.8 Å². The largest absolute Gasteiger partial charge is 0.493 e. The highest BCUT2D eigenvalue weighted by Gasteiger charge is 2.09. The van der Waals surface area contributed by atoms with Gasteiger partial charge in [-0.05, 0) is 48.7 Å². The van der Waals surface area contributed by atoms with E-state index in [1.165, 1.54) is 0 Å². The molecule has 6 heteroatoms. The van der Waals surface area contributed by atoms with Crippen LogP contribution in [0.3, 0.4) is 0 Å². The van der Waals surface area contributed by atoms with Crippen molar-refractivity contribution in [2.75, 3.05) is 18.5 Å². The van der Waals surface area contributed by atoms with E-state index < -0.39 is 0 Å². The van der Waals surface area contributed by atoms with Crippen molar-refractivity contribution in [3.05, 3.63) is 58.1 Å². The minimum Gasteiger partial charge on any atom is -0.493 e. The van der Waals surface area contributed by atoms with Crippen molar-refractivity contribution >= 4 is 33.4 Å². The van der Waals surface area contributed by atoms with Crippen LogP contribution < -0.4 is 15.4 Å². The molecule has 0 spiro atoms. The van der Waals surface area contributed by atoms with Gasteiger partial charge in [-0.2, -0.15) is 0 Å². The summed E-state index contributed by atoms with van der Waals surface area (Å²) in [5, 5.41) is 5.63. The Bertz CT molecular complexity index is 806. The summed E-state index contributed by atoms with van der Waals surface area (Å²) in [6.07, 6.45) is 0.196. The van der Waals surface area contributed by atoms with E-state index >= 15 is 0 Å². The second kappa shape index (κ2) is 10.1. The molecule has 0 fully saturated rings. The lowest BCUT2D eigenvalue weighted by Crippen LogP contribution is -2.27. The van der Waals surface area contributed by atoms with Crippen LogP contribution in [0, 0.1) is 12.8 Å². The third-order valence-electron chi connectivity index (χ3n) is 3.79. The molecule has 2 amide bonds. The van der Waals surface area contributed by atoms with Crippen LogP contribution in [0.4, 0.5) is 5.69 Å². The number of carbonyl (C=O) groups excluding carboxylic acids is 2. The van der Waals surface area contributed by atoms with E-state index in [2.05, 4.69) is 40.4 Å². The molecule has 0 saturated heterocycles. The zero-order valence-electron chi connectivity index (χ0n) is 15.8. The summed E-state index contributed by atoms with van der Waals surface area (Å²) in [6.45, 7) is 6.92. The average Bonchev–Trinajstić information content (AvgIpc) is 2.63. The number of carbonyl (C=O) groups is 2. The first-order valence-corrected chi connectivity index (χ1v) is 9.71. The summed E-state index contributed by atoms with van der Waals surface area (Å²) in [6, 6.07) is 12.7. The molecule has 2 aromatic rings. The molecule has 0 aliphatic heterocycles. The molecule has 0 radical (unpaired) electrons. The Morgan fingerprint density at radius 3 is 2.67 bits per heavy atom. The maximum Gasteiger partial charge on any atom is 0.251 e. The van der Waals surface area contributed by atoms with Gasteiger partial charge in [0.25, 0.3) is 5.91 Å². The summed E-state index contributed by atoms with van der Waals surface area (Å²) in [5.41, 5.74) is 2.25. The molecule has 0 aromatic heterocycles. The number of ether oxygens (including phenoxy) is 1. The molecule has 0 unspecified atom stereocenters. The minimum absolute atomic E-state index is 0.148. The van der Waals surface area contributed by atoms with E-state index in [1.54, 1.807) is 18.2 Å². The number of hydrogen-bond donors (Lipinski definition) is 2. The molecular weight excluding hydrogens is 408 g/mol. The monoisotopic (exact) mass is 432 g/mol. The van der Waals surface area contributed by atoms with Crippen molar-refractivity contribution in [1.82, 2.24) is 5.32 Å². The van der Waals surface area contributed by atoms with Crippen molar-refractivity contribution in [3.8, 4) is 5.75 Å². The number of benzene rings is 2. The fraction of sp³-hybridized carbons (Fsp3) is 0.333. The van der Waals surface area contributed by atoms with Crippen LogP contribution in [0.25, 0.3) is 0 Å². The van der Waals surface area contributed by atoms with Crippen molar-refractivity contribution in [1.29, 1.82) is 0 Å². The molecule has 144 valence electrons. The summed E-state index contributed by atoms with van der Waals surface area (Å²) in [5.74, 6) is 0.705. The molecule has 5 nitrogen and oxygen atoms in total. The van der Waals surface area contributed by atoms with E-state index in [0.29, 0.717) is 23.8 Å². The highest BCUT2D eigenvalue weighted by atomic mass is 79.9. The van der Waals surface area contributed by atoms with Gasteiger partial charge in [0.1, 0.15) is 5.75 Å². The second-order valence-corrected chi connectivity index (χ2v) is 7.66. The fourth-order valence-corrected chi connectivity index (χ4v) is 2.68. The summed E-state index contributed by atoms with van der Waals surface area (Å²) in [4.78, 5) is 24.4. The Labute approximate surface area is 168 Å². The van der Waals surface area contributed by atoms with Gasteiger partial charge in [0.05, 0.1) is 6.61 Å². The fourth-order valence-electron chi connectivity index (χ4n) is 2.32. The number of aryl methyl sites for hydroxylation is 1. The SMILES string of the molecule is Cc1ccc(Br)cc1NC(=O)CCNC(=O)c1cccc(OCC(C)C)c1. The molecule has 0 heterocycles. The van der Waals surface area contributed by atoms with Gasteiger partial charge in [-0.25, -0.2) is 0 Å². The molecule has 0 aliphatic carbocycles.